The summed E-state index contributed by atoms with van der Waals surface area (Å²) in [5, 5.41) is 0.797. The second-order valence-corrected chi connectivity index (χ2v) is 8.78. The van der Waals surface area contributed by atoms with E-state index in [0.29, 0.717) is 11.5 Å². The molecular weight excluding hydrogens is 380 g/mol. The lowest BCUT2D eigenvalue weighted by atomic mass is 9.70. The van der Waals surface area contributed by atoms with Crippen molar-refractivity contribution in [3.63, 3.8) is 0 Å². The van der Waals surface area contributed by atoms with Gasteiger partial charge in [-0.3, -0.25) is 4.98 Å². The maximum Gasteiger partial charge on any atom is 0.339 e. The van der Waals surface area contributed by atoms with Gasteiger partial charge in [0.1, 0.15) is 0 Å². The molecule has 1 aromatic carbocycles. The molecule has 0 aliphatic heterocycles. The maximum atomic E-state index is 13.2. The molecule has 0 radical (unpaired) electrons. The van der Waals surface area contributed by atoms with Crippen LogP contribution in [-0.4, -0.2) is 25.9 Å². The maximum absolute atomic E-state index is 13.2. The number of nitrogens with zero attached hydrogens (tertiary/aromatic N) is 4. The molecule has 2 aromatic heterocycles. The van der Waals surface area contributed by atoms with Crippen LogP contribution in [0.1, 0.15) is 54.6 Å². The number of anilines is 2. The van der Waals surface area contributed by atoms with Crippen molar-refractivity contribution in [1.82, 2.24) is 19.9 Å². The number of fused-ring (bicyclic) bond motifs is 2. The molecule has 1 aliphatic rings. The quantitative estimate of drug-likeness (QED) is 0.635. The lowest BCUT2D eigenvalue weighted by Gasteiger charge is -2.35. The summed E-state index contributed by atoms with van der Waals surface area (Å²) >= 11 is 0. The van der Waals surface area contributed by atoms with E-state index in [4.69, 9.17) is 21.2 Å². The van der Waals surface area contributed by atoms with E-state index in [2.05, 4.69) is 35.7 Å². The Kier molecular flexibility index (Phi) is 5.01. The van der Waals surface area contributed by atoms with Crippen molar-refractivity contribution in [3.8, 4) is 0 Å². The third kappa shape index (κ3) is 3.90. The van der Waals surface area contributed by atoms with Crippen LogP contribution in [0.4, 0.5) is 11.9 Å². The van der Waals surface area contributed by atoms with Gasteiger partial charge >= 0.3 is 5.97 Å². The van der Waals surface area contributed by atoms with Crippen molar-refractivity contribution in [2.45, 2.75) is 46.6 Å². The van der Waals surface area contributed by atoms with Crippen molar-refractivity contribution >= 4 is 28.8 Å². The van der Waals surface area contributed by atoms with Crippen molar-refractivity contribution < 1.29 is 9.53 Å². The first kappa shape index (κ1) is 20.0. The first-order valence-electron chi connectivity index (χ1n) is 10.1. The molecule has 3 aromatic rings. The van der Waals surface area contributed by atoms with Gasteiger partial charge in [-0.1, -0.05) is 39.0 Å². The molecule has 8 heteroatoms. The third-order valence-electron chi connectivity index (χ3n) is 5.74. The molecule has 1 aliphatic carbocycles. The standard InChI is InChI=1S/C22H26N6O2/c1-22(2,3)12-8-9-16-14(10-12)18(13-6-4-5-7-15(13)25-16)19(29)30-11-17-26-20(23)28-21(24)27-17/h4-7,12H,8-11H2,1-3H3,(H4,23,24,26,27,28)/t12-/m0/s1. The fourth-order valence-corrected chi connectivity index (χ4v) is 4.08. The normalized spacial score (nSPS) is 16.3. The summed E-state index contributed by atoms with van der Waals surface area (Å²) in [6, 6.07) is 7.67. The molecule has 0 saturated heterocycles. The van der Waals surface area contributed by atoms with Gasteiger partial charge in [0.05, 0.1) is 11.1 Å². The number of aryl methyl sites for hydroxylation is 1. The summed E-state index contributed by atoms with van der Waals surface area (Å²) in [5.41, 5.74) is 14.7. The highest BCUT2D eigenvalue weighted by atomic mass is 16.5. The lowest BCUT2D eigenvalue weighted by Crippen LogP contribution is -2.29. The fraction of sp³-hybridized carbons (Fsp3) is 0.409. The monoisotopic (exact) mass is 406 g/mol. The predicted octanol–water partition coefficient (Wildman–Crippen LogP) is 3.09. The van der Waals surface area contributed by atoms with Crippen molar-refractivity contribution in [1.29, 1.82) is 0 Å². The number of ether oxygens (including phenoxy) is 1. The van der Waals surface area contributed by atoms with Gasteiger partial charge in [0.15, 0.2) is 12.4 Å². The van der Waals surface area contributed by atoms with E-state index in [9.17, 15) is 4.79 Å². The van der Waals surface area contributed by atoms with Crippen molar-refractivity contribution in [2.24, 2.45) is 11.3 Å². The number of pyridine rings is 1. The van der Waals surface area contributed by atoms with Crippen molar-refractivity contribution in [2.75, 3.05) is 11.5 Å². The molecule has 0 unspecified atom stereocenters. The number of nitrogens with two attached hydrogens (primary N) is 2. The number of aromatic nitrogens is 4. The number of esters is 1. The second-order valence-electron chi connectivity index (χ2n) is 8.78. The summed E-state index contributed by atoms with van der Waals surface area (Å²) in [7, 11) is 0. The van der Waals surface area contributed by atoms with E-state index in [1.165, 1.54) is 0 Å². The largest absolute Gasteiger partial charge is 0.454 e. The predicted molar refractivity (Wildman–Crippen MR) is 114 cm³/mol. The SMILES string of the molecule is CC(C)(C)[C@H]1CCc2nc3ccccc3c(C(=O)OCc3nc(N)nc(N)n3)c2C1. The number of benzene rings is 1. The zero-order valence-electron chi connectivity index (χ0n) is 17.5. The molecule has 0 bridgehead atoms. The van der Waals surface area contributed by atoms with Crippen LogP contribution in [0.25, 0.3) is 10.9 Å². The van der Waals surface area contributed by atoms with Crippen LogP contribution in [0.15, 0.2) is 24.3 Å². The molecule has 0 amide bonds. The molecule has 0 saturated carbocycles. The van der Waals surface area contributed by atoms with Crippen LogP contribution in [0.2, 0.25) is 0 Å². The van der Waals surface area contributed by atoms with E-state index in [0.717, 1.165) is 41.4 Å². The highest BCUT2D eigenvalue weighted by Crippen LogP contribution is 2.39. The average Bonchev–Trinajstić information content (AvgIpc) is 2.68. The molecule has 4 N–H and O–H groups in total. The van der Waals surface area contributed by atoms with Crippen LogP contribution in [0, 0.1) is 11.3 Å². The van der Waals surface area contributed by atoms with Crippen molar-refractivity contribution in [3.05, 3.63) is 46.9 Å². The van der Waals surface area contributed by atoms with E-state index >= 15 is 0 Å². The number of carbonyl (C=O) groups is 1. The van der Waals surface area contributed by atoms with E-state index in [1.807, 2.05) is 24.3 Å². The molecular formula is C22H26N6O2. The molecule has 8 nitrogen and oxygen atoms in total. The van der Waals surface area contributed by atoms with Gasteiger partial charge in [-0.05, 0) is 42.2 Å². The number of rotatable bonds is 3. The van der Waals surface area contributed by atoms with Crippen LogP contribution >= 0.6 is 0 Å². The third-order valence-corrected chi connectivity index (χ3v) is 5.74. The van der Waals surface area contributed by atoms with E-state index in [1.54, 1.807) is 0 Å². The molecule has 30 heavy (non-hydrogen) atoms. The highest BCUT2D eigenvalue weighted by molar-refractivity contribution is 6.05. The Morgan fingerprint density at radius 1 is 1.10 bits per heavy atom. The number of hydrogen-bond acceptors (Lipinski definition) is 8. The smallest absolute Gasteiger partial charge is 0.339 e. The Hall–Kier alpha value is -3.29. The summed E-state index contributed by atoms with van der Waals surface area (Å²) < 4.78 is 5.59. The fourth-order valence-electron chi connectivity index (χ4n) is 4.08. The Balaban J connectivity index is 1.72. The minimum Gasteiger partial charge on any atom is -0.454 e. The Labute approximate surface area is 175 Å². The Morgan fingerprint density at radius 2 is 1.80 bits per heavy atom. The number of carbonyl (C=O) groups excluding carboxylic acids is 1. The Morgan fingerprint density at radius 3 is 2.50 bits per heavy atom. The topological polar surface area (TPSA) is 130 Å². The summed E-state index contributed by atoms with van der Waals surface area (Å²) in [6.07, 6.45) is 2.70. The first-order chi connectivity index (χ1) is 14.2. The van der Waals surface area contributed by atoms with Gasteiger partial charge in [-0.2, -0.15) is 15.0 Å². The zero-order valence-corrected chi connectivity index (χ0v) is 17.5. The minimum absolute atomic E-state index is 0.00620. The van der Waals surface area contributed by atoms with Gasteiger partial charge in [-0.25, -0.2) is 4.79 Å². The van der Waals surface area contributed by atoms with Gasteiger partial charge in [0, 0.05) is 11.1 Å². The summed E-state index contributed by atoms with van der Waals surface area (Å²) in [4.78, 5) is 29.8. The van der Waals surface area contributed by atoms with Gasteiger partial charge in [-0.15, -0.1) is 0 Å². The average molecular weight is 406 g/mol. The van der Waals surface area contributed by atoms with Crippen LogP contribution < -0.4 is 11.5 Å². The van der Waals surface area contributed by atoms with Gasteiger partial charge in [0.25, 0.3) is 0 Å². The molecule has 156 valence electrons. The first-order valence-corrected chi connectivity index (χ1v) is 10.1. The summed E-state index contributed by atoms with van der Waals surface area (Å²) in [6.45, 7) is 6.59. The number of hydrogen-bond donors (Lipinski definition) is 2. The molecule has 4 rings (SSSR count). The van der Waals surface area contributed by atoms with Crippen LogP contribution in [0.3, 0.4) is 0 Å². The second kappa shape index (κ2) is 7.51. The van der Waals surface area contributed by atoms with E-state index in [-0.39, 0.29) is 29.7 Å². The molecule has 0 fully saturated rings. The van der Waals surface area contributed by atoms with E-state index < -0.39 is 5.97 Å². The molecule has 0 spiro atoms. The molecule has 2 heterocycles. The van der Waals surface area contributed by atoms with Gasteiger partial charge in [0.2, 0.25) is 11.9 Å². The lowest BCUT2D eigenvalue weighted by molar-refractivity contribution is 0.0461. The minimum atomic E-state index is -0.419. The molecule has 1 atom stereocenters. The number of para-hydroxylation sites is 1. The van der Waals surface area contributed by atoms with Crippen LogP contribution in [-0.2, 0) is 24.2 Å². The van der Waals surface area contributed by atoms with Gasteiger partial charge < -0.3 is 16.2 Å². The Bertz CT molecular complexity index is 1100. The summed E-state index contributed by atoms with van der Waals surface area (Å²) in [5.74, 6) is 0.245. The number of nitrogen functional groups attached to an aromatic ring is 2. The highest BCUT2D eigenvalue weighted by Gasteiger charge is 2.33. The van der Waals surface area contributed by atoms with Crippen LogP contribution in [0.5, 0.6) is 0 Å². The zero-order chi connectivity index (χ0) is 21.5.